The Labute approximate surface area is 293 Å². The van der Waals surface area contributed by atoms with Gasteiger partial charge in [0.1, 0.15) is 18.1 Å². The van der Waals surface area contributed by atoms with Gasteiger partial charge >= 0.3 is 6.03 Å². The van der Waals surface area contributed by atoms with Crippen molar-refractivity contribution in [3.8, 4) is 11.5 Å². The number of urea groups is 1. The van der Waals surface area contributed by atoms with Crippen LogP contribution >= 0.6 is 0 Å². The van der Waals surface area contributed by atoms with E-state index in [1.165, 1.54) is 11.1 Å². The molecule has 6 bridgehead atoms. The van der Waals surface area contributed by atoms with Gasteiger partial charge in [-0.05, 0) is 103 Å². The van der Waals surface area contributed by atoms with Gasteiger partial charge in [0.15, 0.2) is 0 Å². The SMILES string of the molecule is O=C(Nc1ccc(C2c3ccc(cc3)C(=O)Nc3cccc(c3)OCCCN3CCC2CC3)cc1)Nc1cccc(OCc2ccccc2)c1. The van der Waals surface area contributed by atoms with E-state index in [9.17, 15) is 9.59 Å². The fourth-order valence-electron chi connectivity index (χ4n) is 6.91. The number of hydrogen-bond acceptors (Lipinski definition) is 5. The van der Waals surface area contributed by atoms with Gasteiger partial charge in [0, 0.05) is 47.2 Å². The zero-order valence-electron chi connectivity index (χ0n) is 28.0. The molecule has 1 unspecified atom stereocenters. The Morgan fingerprint density at radius 2 is 1.48 bits per heavy atom. The molecule has 8 nitrogen and oxygen atoms in total. The molecule has 0 aromatic heterocycles. The number of fused-ring (bicyclic) bond motifs is 2. The Kier molecular flexibility index (Phi) is 10.4. The maximum absolute atomic E-state index is 13.1. The number of carbonyl (C=O) groups excluding carboxylic acids is 2. The molecule has 9 rings (SSSR count). The van der Waals surface area contributed by atoms with Crippen molar-refractivity contribution in [3.05, 3.63) is 150 Å². The highest BCUT2D eigenvalue weighted by molar-refractivity contribution is 6.04. The van der Waals surface area contributed by atoms with Crippen LogP contribution < -0.4 is 25.4 Å². The van der Waals surface area contributed by atoms with Crippen LogP contribution in [0.25, 0.3) is 0 Å². The van der Waals surface area contributed by atoms with E-state index in [4.69, 9.17) is 9.47 Å². The molecule has 1 saturated heterocycles. The minimum absolute atomic E-state index is 0.153. The molecule has 50 heavy (non-hydrogen) atoms. The van der Waals surface area contributed by atoms with Gasteiger partial charge < -0.3 is 30.3 Å². The fraction of sp³-hybridized carbons (Fsp3) is 0.238. The van der Waals surface area contributed by atoms with E-state index >= 15 is 0 Å². The molecule has 4 aliphatic rings. The minimum atomic E-state index is -0.326. The van der Waals surface area contributed by atoms with Crippen molar-refractivity contribution in [2.45, 2.75) is 31.8 Å². The minimum Gasteiger partial charge on any atom is -0.493 e. The molecule has 1 atom stereocenters. The Hall–Kier alpha value is -5.60. The molecule has 4 aliphatic heterocycles. The lowest BCUT2D eigenvalue weighted by Crippen LogP contribution is -2.37. The summed E-state index contributed by atoms with van der Waals surface area (Å²) >= 11 is 0. The summed E-state index contributed by atoms with van der Waals surface area (Å²) in [6.45, 7) is 4.16. The molecule has 8 heteroatoms. The van der Waals surface area contributed by atoms with Crippen molar-refractivity contribution in [1.29, 1.82) is 0 Å². The highest BCUT2D eigenvalue weighted by Crippen LogP contribution is 2.39. The van der Waals surface area contributed by atoms with Crippen molar-refractivity contribution in [2.24, 2.45) is 5.92 Å². The van der Waals surface area contributed by atoms with Crippen LogP contribution in [0.1, 0.15) is 52.2 Å². The smallest absolute Gasteiger partial charge is 0.323 e. The molecule has 3 amide bonds. The van der Waals surface area contributed by atoms with Gasteiger partial charge in [-0.2, -0.15) is 0 Å². The first kappa shape index (κ1) is 32.9. The highest BCUT2D eigenvalue weighted by atomic mass is 16.5. The van der Waals surface area contributed by atoms with E-state index in [1.807, 2.05) is 103 Å². The predicted octanol–water partition coefficient (Wildman–Crippen LogP) is 8.79. The second-order valence-corrected chi connectivity index (χ2v) is 13.0. The topological polar surface area (TPSA) is 91.9 Å². The second-order valence-electron chi connectivity index (χ2n) is 13.0. The summed E-state index contributed by atoms with van der Waals surface area (Å²) in [5.41, 5.74) is 6.12. The number of nitrogens with one attached hydrogen (secondary N) is 3. The molecule has 5 aromatic rings. The summed E-state index contributed by atoms with van der Waals surface area (Å²) in [4.78, 5) is 28.6. The number of anilines is 3. The molecule has 1 fully saturated rings. The number of ether oxygens (including phenoxy) is 2. The summed E-state index contributed by atoms with van der Waals surface area (Å²) in [7, 11) is 0. The van der Waals surface area contributed by atoms with E-state index in [-0.39, 0.29) is 17.9 Å². The lowest BCUT2D eigenvalue weighted by atomic mass is 9.76. The summed E-state index contributed by atoms with van der Waals surface area (Å²) in [6, 6.07) is 40.8. The summed E-state index contributed by atoms with van der Waals surface area (Å²) in [5.74, 6) is 1.89. The van der Waals surface area contributed by atoms with E-state index in [0.29, 0.717) is 47.5 Å². The molecular weight excluding hydrogens is 624 g/mol. The first-order valence-corrected chi connectivity index (χ1v) is 17.4. The van der Waals surface area contributed by atoms with Crippen LogP contribution in [0.5, 0.6) is 11.5 Å². The summed E-state index contributed by atoms with van der Waals surface area (Å²) in [6.07, 6.45) is 3.10. The van der Waals surface area contributed by atoms with E-state index < -0.39 is 0 Å². The van der Waals surface area contributed by atoms with Crippen molar-refractivity contribution in [3.63, 3.8) is 0 Å². The monoisotopic (exact) mass is 666 g/mol. The van der Waals surface area contributed by atoms with Crippen LogP contribution in [0, 0.1) is 5.92 Å². The molecule has 4 heterocycles. The highest BCUT2D eigenvalue weighted by Gasteiger charge is 2.29. The van der Waals surface area contributed by atoms with Crippen molar-refractivity contribution >= 4 is 29.0 Å². The summed E-state index contributed by atoms with van der Waals surface area (Å²) in [5, 5.41) is 8.90. The number of amides is 3. The lowest BCUT2D eigenvalue weighted by molar-refractivity contribution is 0.102. The van der Waals surface area contributed by atoms with Gasteiger partial charge in [0.2, 0.25) is 0 Å². The maximum atomic E-state index is 13.1. The third-order valence-corrected chi connectivity index (χ3v) is 9.48. The molecule has 3 N–H and O–H groups in total. The average Bonchev–Trinajstić information content (AvgIpc) is 3.15. The van der Waals surface area contributed by atoms with Gasteiger partial charge in [0.05, 0.1) is 6.61 Å². The Morgan fingerprint density at radius 1 is 0.760 bits per heavy atom. The first-order chi connectivity index (χ1) is 24.6. The van der Waals surface area contributed by atoms with Gasteiger partial charge in [-0.25, -0.2) is 4.79 Å². The lowest BCUT2D eigenvalue weighted by Gasteiger charge is -2.37. The number of piperidine rings is 1. The van der Waals surface area contributed by atoms with Crippen molar-refractivity contribution < 1.29 is 19.1 Å². The van der Waals surface area contributed by atoms with E-state index in [1.54, 1.807) is 0 Å². The maximum Gasteiger partial charge on any atom is 0.323 e. The van der Waals surface area contributed by atoms with Gasteiger partial charge in [0.25, 0.3) is 5.91 Å². The average molecular weight is 667 g/mol. The van der Waals surface area contributed by atoms with Gasteiger partial charge in [-0.1, -0.05) is 66.7 Å². The normalized spacial score (nSPS) is 19.0. The molecule has 0 radical (unpaired) electrons. The van der Waals surface area contributed by atoms with Crippen LogP contribution in [0.2, 0.25) is 0 Å². The van der Waals surface area contributed by atoms with E-state index in [0.717, 1.165) is 50.2 Å². The van der Waals surface area contributed by atoms with Gasteiger partial charge in [-0.3, -0.25) is 4.79 Å². The quantitative estimate of drug-likeness (QED) is 0.169. The van der Waals surface area contributed by atoms with Crippen molar-refractivity contribution in [1.82, 2.24) is 4.90 Å². The Bertz CT molecular complexity index is 1890. The van der Waals surface area contributed by atoms with Crippen LogP contribution in [-0.2, 0) is 6.61 Å². The zero-order valence-corrected chi connectivity index (χ0v) is 28.0. The number of nitrogens with zero attached hydrogens (tertiary/aromatic N) is 1. The molecule has 0 spiro atoms. The zero-order chi connectivity index (χ0) is 34.1. The standard InChI is InChI=1S/C42H42N4O4/c47-41-34-15-13-31(14-16-34)40(33-21-24-46(25-22-33)23-6-26-49-38-11-4-9-36(27-38)43-41)32-17-19-35(20-18-32)44-42(48)45-37-10-5-12-39(28-37)50-29-30-7-2-1-3-8-30/h1-5,7-20,27-28,33,40H,6,21-26,29H2,(H,43,47)(H2,44,45,48). The molecule has 0 aliphatic carbocycles. The first-order valence-electron chi connectivity index (χ1n) is 17.4. The number of benzene rings is 5. The van der Waals surface area contributed by atoms with E-state index in [2.05, 4.69) is 45.1 Å². The number of carbonyl (C=O) groups is 2. The summed E-state index contributed by atoms with van der Waals surface area (Å²) < 4.78 is 11.9. The van der Waals surface area contributed by atoms with Crippen LogP contribution in [0.3, 0.4) is 0 Å². The fourth-order valence-corrected chi connectivity index (χ4v) is 6.91. The Morgan fingerprint density at radius 3 is 2.26 bits per heavy atom. The molecule has 254 valence electrons. The van der Waals surface area contributed by atoms with Crippen LogP contribution in [-0.4, -0.2) is 43.1 Å². The molecular formula is C42H42N4O4. The predicted molar refractivity (Wildman–Crippen MR) is 198 cm³/mol. The Balaban J connectivity index is 1.04. The number of rotatable bonds is 6. The van der Waals surface area contributed by atoms with Crippen LogP contribution in [0.4, 0.5) is 21.9 Å². The van der Waals surface area contributed by atoms with Gasteiger partial charge in [-0.15, -0.1) is 0 Å². The van der Waals surface area contributed by atoms with Crippen LogP contribution in [0.15, 0.2) is 127 Å². The third-order valence-electron chi connectivity index (χ3n) is 9.48. The van der Waals surface area contributed by atoms with Crippen molar-refractivity contribution in [2.75, 3.05) is 42.2 Å². The third kappa shape index (κ3) is 8.51. The largest absolute Gasteiger partial charge is 0.493 e. The molecule has 5 aromatic carbocycles. The second kappa shape index (κ2) is 15.7. The number of hydrogen-bond donors (Lipinski definition) is 3. The molecule has 0 saturated carbocycles.